The van der Waals surface area contributed by atoms with Gasteiger partial charge in [-0.25, -0.2) is 9.97 Å². The summed E-state index contributed by atoms with van der Waals surface area (Å²) in [5.41, 5.74) is 2.37. The van der Waals surface area contributed by atoms with E-state index < -0.39 is 0 Å². The van der Waals surface area contributed by atoms with Crippen LogP contribution in [0.15, 0.2) is 61.2 Å². The minimum absolute atomic E-state index is 0.00219. The highest BCUT2D eigenvalue weighted by molar-refractivity contribution is 5.96. The van der Waals surface area contributed by atoms with Gasteiger partial charge < -0.3 is 0 Å². The van der Waals surface area contributed by atoms with Gasteiger partial charge in [-0.3, -0.25) is 19.7 Å². The van der Waals surface area contributed by atoms with E-state index in [0.29, 0.717) is 11.5 Å². The molecule has 3 aromatic rings. The van der Waals surface area contributed by atoms with E-state index in [9.17, 15) is 4.79 Å². The van der Waals surface area contributed by atoms with Gasteiger partial charge in [-0.2, -0.15) is 0 Å². The Labute approximate surface area is 158 Å². The van der Waals surface area contributed by atoms with Crippen LogP contribution in [0.25, 0.3) is 11.5 Å². The molecule has 0 radical (unpaired) electrons. The number of likely N-dealkylation sites (tertiary alicyclic amines) is 1. The number of nitrogens with zero attached hydrogens (tertiary/aromatic N) is 5. The molecule has 1 atom stereocenters. The molecule has 1 unspecified atom stereocenters. The number of Topliss-reactive ketones (excluding diaryl/α,β-unsaturated/α-hetero) is 1. The molecule has 0 N–H and O–H groups in total. The van der Waals surface area contributed by atoms with E-state index in [0.717, 1.165) is 43.7 Å². The number of carbonyl (C=O) groups excluding carboxylic acids is 1. The van der Waals surface area contributed by atoms with Gasteiger partial charge in [0, 0.05) is 49.4 Å². The molecule has 4 rings (SSSR count). The third kappa shape index (κ3) is 4.23. The highest BCUT2D eigenvalue weighted by atomic mass is 16.1. The number of piperidine rings is 1. The van der Waals surface area contributed by atoms with Gasteiger partial charge in [0.25, 0.3) is 0 Å². The van der Waals surface area contributed by atoms with Crippen LogP contribution in [0.1, 0.15) is 28.9 Å². The summed E-state index contributed by atoms with van der Waals surface area (Å²) in [6.45, 7) is 2.47. The molecule has 1 saturated heterocycles. The average Bonchev–Trinajstić information content (AvgIpc) is 2.75. The maximum Gasteiger partial charge on any atom is 0.185 e. The molecule has 27 heavy (non-hydrogen) atoms. The highest BCUT2D eigenvalue weighted by Gasteiger charge is 2.27. The van der Waals surface area contributed by atoms with Crippen molar-refractivity contribution in [3.05, 3.63) is 72.4 Å². The quantitative estimate of drug-likeness (QED) is 0.652. The van der Waals surface area contributed by atoms with Gasteiger partial charge in [-0.15, -0.1) is 0 Å². The van der Waals surface area contributed by atoms with Crippen molar-refractivity contribution < 1.29 is 4.79 Å². The number of ketones is 1. The molecular weight excluding hydrogens is 338 g/mol. The summed E-state index contributed by atoms with van der Waals surface area (Å²) in [6.07, 6.45) is 9.03. The summed E-state index contributed by atoms with van der Waals surface area (Å²) >= 11 is 0. The Hall–Kier alpha value is -2.99. The fourth-order valence-corrected chi connectivity index (χ4v) is 3.45. The molecule has 0 spiro atoms. The Morgan fingerprint density at radius 2 is 1.78 bits per heavy atom. The molecule has 1 aliphatic rings. The lowest BCUT2D eigenvalue weighted by atomic mass is 9.92. The summed E-state index contributed by atoms with van der Waals surface area (Å²) < 4.78 is 0. The summed E-state index contributed by atoms with van der Waals surface area (Å²) in [5.74, 6) is 0.769. The van der Waals surface area contributed by atoms with Gasteiger partial charge >= 0.3 is 0 Å². The van der Waals surface area contributed by atoms with E-state index >= 15 is 0 Å². The molecule has 3 aromatic heterocycles. The Morgan fingerprint density at radius 1 is 1.00 bits per heavy atom. The van der Waals surface area contributed by atoms with Gasteiger partial charge in [-0.05, 0) is 43.7 Å². The van der Waals surface area contributed by atoms with Gasteiger partial charge in [0.1, 0.15) is 11.4 Å². The molecule has 4 heterocycles. The Kier molecular flexibility index (Phi) is 5.25. The Bertz CT molecular complexity index is 883. The second-order valence-electron chi connectivity index (χ2n) is 6.78. The van der Waals surface area contributed by atoms with Crippen LogP contribution in [-0.4, -0.2) is 43.7 Å². The number of aromatic nitrogens is 4. The van der Waals surface area contributed by atoms with Crippen molar-refractivity contribution in [3.63, 3.8) is 0 Å². The zero-order valence-electron chi connectivity index (χ0n) is 15.0. The molecular formula is C21H21N5O. The third-order valence-corrected chi connectivity index (χ3v) is 4.80. The van der Waals surface area contributed by atoms with Crippen molar-refractivity contribution in [3.8, 4) is 11.5 Å². The molecule has 1 aliphatic heterocycles. The van der Waals surface area contributed by atoms with Gasteiger partial charge in [-0.1, -0.05) is 12.1 Å². The summed E-state index contributed by atoms with van der Waals surface area (Å²) in [5, 5.41) is 0. The van der Waals surface area contributed by atoms with Crippen molar-refractivity contribution in [2.24, 2.45) is 5.92 Å². The molecule has 1 fully saturated rings. The van der Waals surface area contributed by atoms with Crippen molar-refractivity contribution in [2.45, 2.75) is 19.4 Å². The van der Waals surface area contributed by atoms with Crippen LogP contribution in [0.4, 0.5) is 0 Å². The van der Waals surface area contributed by atoms with E-state index in [1.165, 1.54) is 0 Å². The van der Waals surface area contributed by atoms with Gasteiger partial charge in [0.05, 0.1) is 0 Å². The minimum atomic E-state index is 0.00219. The zero-order chi connectivity index (χ0) is 18.5. The monoisotopic (exact) mass is 359 g/mol. The first-order chi connectivity index (χ1) is 13.3. The van der Waals surface area contributed by atoms with Crippen molar-refractivity contribution >= 4 is 5.78 Å². The molecule has 0 saturated carbocycles. The van der Waals surface area contributed by atoms with Crippen LogP contribution in [0, 0.1) is 5.92 Å². The van der Waals surface area contributed by atoms with Gasteiger partial charge in [0.15, 0.2) is 11.6 Å². The predicted molar refractivity (Wildman–Crippen MR) is 102 cm³/mol. The average molecular weight is 359 g/mol. The van der Waals surface area contributed by atoms with E-state index in [2.05, 4.69) is 24.8 Å². The second kappa shape index (κ2) is 8.14. The van der Waals surface area contributed by atoms with Crippen molar-refractivity contribution in [1.29, 1.82) is 0 Å². The number of carbonyl (C=O) groups is 1. The van der Waals surface area contributed by atoms with Crippen molar-refractivity contribution in [2.75, 3.05) is 13.1 Å². The predicted octanol–water partition coefficient (Wildman–Crippen LogP) is 3.03. The zero-order valence-corrected chi connectivity index (χ0v) is 15.0. The molecule has 0 aliphatic carbocycles. The Morgan fingerprint density at radius 3 is 2.48 bits per heavy atom. The lowest BCUT2D eigenvalue weighted by Crippen LogP contribution is -2.38. The number of hydrogen-bond donors (Lipinski definition) is 0. The minimum Gasteiger partial charge on any atom is -0.298 e. The lowest BCUT2D eigenvalue weighted by molar-refractivity contribution is 0.0806. The summed E-state index contributed by atoms with van der Waals surface area (Å²) in [6, 6.07) is 11.2. The van der Waals surface area contributed by atoms with Crippen LogP contribution >= 0.6 is 0 Å². The van der Waals surface area contributed by atoms with E-state index in [4.69, 9.17) is 0 Å². The SMILES string of the molecule is O=C(c1ccccn1)C1CCCN(Cc2cnc(-c3ccccn3)nc2)C1. The van der Waals surface area contributed by atoms with Crippen LogP contribution < -0.4 is 0 Å². The molecule has 6 nitrogen and oxygen atoms in total. The van der Waals surface area contributed by atoms with Crippen LogP contribution in [0.2, 0.25) is 0 Å². The topological polar surface area (TPSA) is 71.9 Å². The summed E-state index contributed by atoms with van der Waals surface area (Å²) in [4.78, 5) is 32.3. The molecule has 0 amide bonds. The van der Waals surface area contributed by atoms with Crippen LogP contribution in [-0.2, 0) is 6.54 Å². The second-order valence-corrected chi connectivity index (χ2v) is 6.78. The van der Waals surface area contributed by atoms with Gasteiger partial charge in [0.2, 0.25) is 0 Å². The third-order valence-electron chi connectivity index (χ3n) is 4.80. The Balaban J connectivity index is 1.40. The van der Waals surface area contributed by atoms with E-state index in [-0.39, 0.29) is 11.7 Å². The maximum absolute atomic E-state index is 12.7. The van der Waals surface area contributed by atoms with Crippen LogP contribution in [0.5, 0.6) is 0 Å². The first-order valence-corrected chi connectivity index (χ1v) is 9.19. The maximum atomic E-state index is 12.7. The first-order valence-electron chi connectivity index (χ1n) is 9.19. The number of rotatable bonds is 5. The number of pyridine rings is 2. The van der Waals surface area contributed by atoms with E-state index in [1.54, 1.807) is 18.5 Å². The first kappa shape index (κ1) is 17.4. The molecule has 0 aromatic carbocycles. The molecule has 6 heteroatoms. The number of hydrogen-bond acceptors (Lipinski definition) is 6. The molecule has 0 bridgehead atoms. The summed E-state index contributed by atoms with van der Waals surface area (Å²) in [7, 11) is 0. The lowest BCUT2D eigenvalue weighted by Gasteiger charge is -2.31. The standard InChI is InChI=1S/C21H21N5O/c27-20(18-7-1-3-9-22-18)17-6-5-11-26(15-17)14-16-12-24-21(25-13-16)19-8-2-4-10-23-19/h1-4,7-10,12-13,17H,5-6,11,14-15H2. The van der Waals surface area contributed by atoms with Crippen LogP contribution in [0.3, 0.4) is 0 Å². The van der Waals surface area contributed by atoms with Crippen molar-refractivity contribution in [1.82, 2.24) is 24.8 Å². The highest BCUT2D eigenvalue weighted by Crippen LogP contribution is 2.22. The molecule has 136 valence electrons. The fraction of sp³-hybridized carbons (Fsp3) is 0.286. The largest absolute Gasteiger partial charge is 0.298 e. The normalized spacial score (nSPS) is 17.6. The fourth-order valence-electron chi connectivity index (χ4n) is 3.45. The smallest absolute Gasteiger partial charge is 0.185 e. The van der Waals surface area contributed by atoms with E-state index in [1.807, 2.05) is 42.7 Å².